The van der Waals surface area contributed by atoms with Crippen LogP contribution in [0.3, 0.4) is 0 Å². The van der Waals surface area contributed by atoms with E-state index in [1.54, 1.807) is 13.8 Å². The first-order chi connectivity index (χ1) is 7.96. The molecule has 1 spiro atoms. The summed E-state index contributed by atoms with van der Waals surface area (Å²) in [5, 5.41) is 2.76. The third-order valence-corrected chi connectivity index (χ3v) is 3.66. The third kappa shape index (κ3) is 1.94. The molecule has 0 aromatic carbocycles. The molecular formula is C12H18N2O3. The van der Waals surface area contributed by atoms with Crippen molar-refractivity contribution in [3.63, 3.8) is 0 Å². The van der Waals surface area contributed by atoms with E-state index in [9.17, 15) is 14.4 Å². The van der Waals surface area contributed by atoms with E-state index in [2.05, 4.69) is 5.32 Å². The number of carbonyl (C=O) groups excluding carboxylic acids is 3. The Morgan fingerprint density at radius 2 is 1.94 bits per heavy atom. The molecule has 2 fully saturated rings. The third-order valence-electron chi connectivity index (χ3n) is 3.66. The van der Waals surface area contributed by atoms with Gasteiger partial charge >= 0.3 is 6.03 Å². The molecule has 5 nitrogen and oxygen atoms in total. The van der Waals surface area contributed by atoms with Crippen molar-refractivity contribution in [2.24, 2.45) is 5.92 Å². The van der Waals surface area contributed by atoms with Crippen molar-refractivity contribution in [3.8, 4) is 0 Å². The van der Waals surface area contributed by atoms with Crippen LogP contribution in [-0.4, -0.2) is 34.7 Å². The normalized spacial score (nSPS) is 22.6. The number of carbonyl (C=O) groups is 3. The van der Waals surface area contributed by atoms with Crippen LogP contribution in [0, 0.1) is 5.92 Å². The summed E-state index contributed by atoms with van der Waals surface area (Å²) in [7, 11) is 0. The Bertz CT molecular complexity index is 370. The molecule has 0 radical (unpaired) electrons. The molecule has 1 heterocycles. The lowest BCUT2D eigenvalue weighted by Crippen LogP contribution is -2.44. The van der Waals surface area contributed by atoms with Crippen molar-refractivity contribution in [2.45, 2.75) is 45.1 Å². The van der Waals surface area contributed by atoms with Crippen molar-refractivity contribution < 1.29 is 14.4 Å². The fourth-order valence-electron chi connectivity index (χ4n) is 2.48. The number of urea groups is 1. The second kappa shape index (κ2) is 4.13. The average Bonchev–Trinajstić information content (AvgIpc) is 2.81. The number of nitrogens with one attached hydrogen (secondary N) is 1. The van der Waals surface area contributed by atoms with Gasteiger partial charge in [0.15, 0.2) is 5.78 Å². The smallest absolute Gasteiger partial charge is 0.323 e. The molecule has 1 saturated carbocycles. The fourth-order valence-corrected chi connectivity index (χ4v) is 2.48. The minimum absolute atomic E-state index is 0.0800. The highest BCUT2D eigenvalue weighted by molar-refractivity contribution is 6.09. The van der Waals surface area contributed by atoms with Crippen molar-refractivity contribution in [1.29, 1.82) is 0 Å². The highest BCUT2D eigenvalue weighted by Crippen LogP contribution is 2.34. The van der Waals surface area contributed by atoms with Crippen LogP contribution in [0.1, 0.15) is 39.5 Å². The largest absolute Gasteiger partial charge is 0.325 e. The SMILES string of the molecule is CC(C)C(=O)CN1C(=O)NC2(CCCC2)C1=O. The Balaban J connectivity index is 2.12. The van der Waals surface area contributed by atoms with Gasteiger partial charge in [0.05, 0.1) is 6.54 Å². The van der Waals surface area contributed by atoms with Gasteiger partial charge in [-0.25, -0.2) is 4.79 Å². The van der Waals surface area contributed by atoms with Gasteiger partial charge in [-0.1, -0.05) is 26.7 Å². The van der Waals surface area contributed by atoms with Crippen molar-refractivity contribution in [1.82, 2.24) is 10.2 Å². The number of imide groups is 1. The van der Waals surface area contributed by atoms with E-state index in [4.69, 9.17) is 0 Å². The summed E-state index contributed by atoms with van der Waals surface area (Å²) in [5.74, 6) is -0.451. The standard InChI is InChI=1S/C12H18N2O3/c1-8(2)9(15)7-14-10(16)12(13-11(14)17)5-3-4-6-12/h8H,3-7H2,1-2H3,(H,13,17). The molecule has 1 aliphatic carbocycles. The molecule has 3 amide bonds. The maximum atomic E-state index is 12.2. The van der Waals surface area contributed by atoms with Crippen LogP contribution in [0.2, 0.25) is 0 Å². The highest BCUT2D eigenvalue weighted by atomic mass is 16.2. The van der Waals surface area contributed by atoms with E-state index < -0.39 is 11.6 Å². The monoisotopic (exact) mass is 238 g/mol. The number of ketones is 1. The van der Waals surface area contributed by atoms with Gasteiger partial charge in [0.1, 0.15) is 5.54 Å². The lowest BCUT2D eigenvalue weighted by atomic mass is 9.98. The first-order valence-corrected chi connectivity index (χ1v) is 6.13. The van der Waals surface area contributed by atoms with Crippen molar-refractivity contribution in [2.75, 3.05) is 6.54 Å². The molecule has 94 valence electrons. The van der Waals surface area contributed by atoms with Gasteiger partial charge in [-0.05, 0) is 12.8 Å². The Hall–Kier alpha value is -1.39. The van der Waals surface area contributed by atoms with E-state index in [0.29, 0.717) is 12.8 Å². The van der Waals surface area contributed by atoms with E-state index in [-0.39, 0.29) is 24.2 Å². The summed E-state index contributed by atoms with van der Waals surface area (Å²) in [6.45, 7) is 3.45. The van der Waals surface area contributed by atoms with Crippen molar-refractivity contribution >= 4 is 17.7 Å². The van der Waals surface area contributed by atoms with Gasteiger partial charge in [0.25, 0.3) is 5.91 Å². The molecule has 1 aliphatic heterocycles. The minimum atomic E-state index is -0.700. The molecule has 17 heavy (non-hydrogen) atoms. The Kier molecular flexibility index (Phi) is 2.93. The van der Waals surface area contributed by atoms with Crippen LogP contribution in [-0.2, 0) is 9.59 Å². The number of amides is 3. The maximum absolute atomic E-state index is 12.2. The van der Waals surface area contributed by atoms with Gasteiger partial charge < -0.3 is 5.32 Å². The lowest BCUT2D eigenvalue weighted by molar-refractivity contribution is -0.135. The van der Waals surface area contributed by atoms with Gasteiger partial charge in [-0.2, -0.15) is 0 Å². The number of hydrogen-bond acceptors (Lipinski definition) is 3. The average molecular weight is 238 g/mol. The van der Waals surface area contributed by atoms with E-state index in [1.807, 2.05) is 0 Å². The predicted molar refractivity (Wildman–Crippen MR) is 61.3 cm³/mol. The summed E-state index contributed by atoms with van der Waals surface area (Å²) < 4.78 is 0. The molecule has 1 saturated heterocycles. The minimum Gasteiger partial charge on any atom is -0.323 e. The maximum Gasteiger partial charge on any atom is 0.325 e. The van der Waals surface area contributed by atoms with Gasteiger partial charge in [0, 0.05) is 5.92 Å². The number of Topliss-reactive ketones (excluding diaryl/α,β-unsaturated/α-hetero) is 1. The molecule has 2 rings (SSSR count). The number of hydrogen-bond donors (Lipinski definition) is 1. The molecule has 0 unspecified atom stereocenters. The molecule has 5 heteroatoms. The Morgan fingerprint density at radius 3 is 2.47 bits per heavy atom. The Morgan fingerprint density at radius 1 is 1.35 bits per heavy atom. The van der Waals surface area contributed by atoms with Gasteiger partial charge in [-0.3, -0.25) is 14.5 Å². The van der Waals surface area contributed by atoms with Crippen LogP contribution < -0.4 is 5.32 Å². The summed E-state index contributed by atoms with van der Waals surface area (Å²) >= 11 is 0. The van der Waals surface area contributed by atoms with Crippen LogP contribution in [0.15, 0.2) is 0 Å². The summed E-state index contributed by atoms with van der Waals surface area (Å²) in [6, 6.07) is -0.411. The summed E-state index contributed by atoms with van der Waals surface area (Å²) in [5.41, 5.74) is -0.700. The van der Waals surface area contributed by atoms with Crippen LogP contribution in [0.4, 0.5) is 4.79 Å². The fraction of sp³-hybridized carbons (Fsp3) is 0.750. The molecular weight excluding hydrogens is 220 g/mol. The highest BCUT2D eigenvalue weighted by Gasteiger charge is 2.52. The molecule has 2 aliphatic rings. The van der Waals surface area contributed by atoms with Gasteiger partial charge in [0.2, 0.25) is 0 Å². The quantitative estimate of drug-likeness (QED) is 0.748. The van der Waals surface area contributed by atoms with E-state index in [0.717, 1.165) is 17.7 Å². The molecule has 0 aromatic rings. The van der Waals surface area contributed by atoms with Crippen LogP contribution in [0.5, 0.6) is 0 Å². The summed E-state index contributed by atoms with van der Waals surface area (Å²) in [4.78, 5) is 36.6. The molecule has 0 bridgehead atoms. The Labute approximate surface area is 101 Å². The topological polar surface area (TPSA) is 66.5 Å². The second-order valence-electron chi connectivity index (χ2n) is 5.23. The zero-order valence-corrected chi connectivity index (χ0v) is 10.3. The molecule has 0 atom stereocenters. The number of nitrogens with zero attached hydrogens (tertiary/aromatic N) is 1. The lowest BCUT2D eigenvalue weighted by Gasteiger charge is -2.20. The second-order valence-corrected chi connectivity index (χ2v) is 5.23. The first kappa shape index (κ1) is 12.1. The van der Waals surface area contributed by atoms with E-state index in [1.165, 1.54) is 0 Å². The predicted octanol–water partition coefficient (Wildman–Crippen LogP) is 1.08. The molecule has 1 N–H and O–H groups in total. The first-order valence-electron chi connectivity index (χ1n) is 6.13. The summed E-state index contributed by atoms with van der Waals surface area (Å²) in [6.07, 6.45) is 3.31. The number of rotatable bonds is 3. The van der Waals surface area contributed by atoms with Gasteiger partial charge in [-0.15, -0.1) is 0 Å². The van der Waals surface area contributed by atoms with Crippen LogP contribution in [0.25, 0.3) is 0 Å². The van der Waals surface area contributed by atoms with E-state index >= 15 is 0 Å². The van der Waals surface area contributed by atoms with Crippen molar-refractivity contribution in [3.05, 3.63) is 0 Å². The zero-order valence-electron chi connectivity index (χ0n) is 10.3. The zero-order chi connectivity index (χ0) is 12.6. The molecule has 0 aromatic heterocycles. The van der Waals surface area contributed by atoms with Crippen LogP contribution >= 0.6 is 0 Å².